The fourth-order valence-corrected chi connectivity index (χ4v) is 2.99. The Bertz CT molecular complexity index is 1000. The van der Waals surface area contributed by atoms with E-state index in [1.165, 1.54) is 0 Å². The van der Waals surface area contributed by atoms with Crippen molar-refractivity contribution in [1.29, 1.82) is 0 Å². The first kappa shape index (κ1) is 22.9. The maximum absolute atomic E-state index is 12.4. The summed E-state index contributed by atoms with van der Waals surface area (Å²) >= 11 is 0. The van der Waals surface area contributed by atoms with Gasteiger partial charge in [-0.3, -0.25) is 4.79 Å². The summed E-state index contributed by atoms with van der Waals surface area (Å²) in [7, 11) is 0. The number of carbonyl (C=O) groups excluding carboxylic acids is 2. The Morgan fingerprint density at radius 2 is 1.31 bits per heavy atom. The minimum Gasteiger partial charge on any atom is -0.489 e. The summed E-state index contributed by atoms with van der Waals surface area (Å²) in [5.74, 6) is 0.697. The molecule has 6 heteroatoms. The first-order chi connectivity index (χ1) is 15.5. The van der Waals surface area contributed by atoms with Gasteiger partial charge in [0.1, 0.15) is 12.4 Å². The summed E-state index contributed by atoms with van der Waals surface area (Å²) in [5.41, 5.74) is 3.58. The first-order valence-corrected chi connectivity index (χ1v) is 10.7. The van der Waals surface area contributed by atoms with Crippen molar-refractivity contribution in [3.8, 4) is 5.75 Å². The van der Waals surface area contributed by atoms with E-state index in [0.717, 1.165) is 22.4 Å². The SMILES string of the molecule is CC(C)NC(=O)NCc1ccc(C(=O)NCc2ccc(COc3ccccc3)cc2)cc1. The summed E-state index contributed by atoms with van der Waals surface area (Å²) in [6, 6.07) is 24.7. The standard InChI is InChI=1S/C26H29N3O3/c1-19(2)29-26(31)28-17-21-12-14-23(15-13-21)25(30)27-16-20-8-10-22(11-9-20)18-32-24-6-4-3-5-7-24/h3-15,19H,16-18H2,1-2H3,(H,27,30)(H2,28,29,31). The van der Waals surface area contributed by atoms with Crippen LogP contribution in [0.1, 0.15) is 40.9 Å². The lowest BCUT2D eigenvalue weighted by Crippen LogP contribution is -2.39. The van der Waals surface area contributed by atoms with Gasteiger partial charge >= 0.3 is 6.03 Å². The van der Waals surface area contributed by atoms with Crippen LogP contribution in [-0.2, 0) is 19.7 Å². The second-order valence-corrected chi connectivity index (χ2v) is 7.78. The van der Waals surface area contributed by atoms with Crippen molar-refractivity contribution in [1.82, 2.24) is 16.0 Å². The molecule has 166 valence electrons. The molecule has 0 bridgehead atoms. The molecule has 0 fully saturated rings. The third-order valence-corrected chi connectivity index (χ3v) is 4.71. The van der Waals surface area contributed by atoms with Gasteiger partial charge < -0.3 is 20.7 Å². The summed E-state index contributed by atoms with van der Waals surface area (Å²) in [6.45, 7) is 5.15. The summed E-state index contributed by atoms with van der Waals surface area (Å²) in [6.07, 6.45) is 0. The van der Waals surface area contributed by atoms with Crippen molar-refractivity contribution in [2.24, 2.45) is 0 Å². The highest BCUT2D eigenvalue weighted by atomic mass is 16.5. The Balaban J connectivity index is 1.43. The molecule has 0 aliphatic carbocycles. The van der Waals surface area contributed by atoms with Crippen molar-refractivity contribution < 1.29 is 14.3 Å². The van der Waals surface area contributed by atoms with Crippen molar-refractivity contribution in [2.75, 3.05) is 0 Å². The predicted molar refractivity (Wildman–Crippen MR) is 125 cm³/mol. The average molecular weight is 432 g/mol. The zero-order chi connectivity index (χ0) is 22.8. The normalized spacial score (nSPS) is 10.5. The molecular formula is C26H29N3O3. The maximum Gasteiger partial charge on any atom is 0.315 e. The van der Waals surface area contributed by atoms with Crippen molar-refractivity contribution in [3.63, 3.8) is 0 Å². The average Bonchev–Trinajstić information content (AvgIpc) is 2.81. The molecule has 3 aromatic rings. The molecule has 32 heavy (non-hydrogen) atoms. The minimum atomic E-state index is -0.209. The lowest BCUT2D eigenvalue weighted by Gasteiger charge is -2.11. The second kappa shape index (κ2) is 11.6. The number of urea groups is 1. The van der Waals surface area contributed by atoms with Crippen molar-refractivity contribution in [2.45, 2.75) is 39.6 Å². The van der Waals surface area contributed by atoms with E-state index < -0.39 is 0 Å². The number of rotatable bonds is 9. The predicted octanol–water partition coefficient (Wildman–Crippen LogP) is 4.40. The van der Waals surface area contributed by atoms with Gasteiger partial charge in [0.25, 0.3) is 5.91 Å². The van der Waals surface area contributed by atoms with Gasteiger partial charge in [-0.2, -0.15) is 0 Å². The number of ether oxygens (including phenoxy) is 1. The molecule has 0 aliphatic heterocycles. The molecule has 0 aliphatic rings. The Hall–Kier alpha value is -3.80. The maximum atomic E-state index is 12.4. The lowest BCUT2D eigenvalue weighted by molar-refractivity contribution is 0.0951. The van der Waals surface area contributed by atoms with Crippen LogP contribution in [0.3, 0.4) is 0 Å². The number of carbonyl (C=O) groups is 2. The fourth-order valence-electron chi connectivity index (χ4n) is 2.99. The smallest absolute Gasteiger partial charge is 0.315 e. The largest absolute Gasteiger partial charge is 0.489 e. The Morgan fingerprint density at radius 1 is 0.750 bits per heavy atom. The molecule has 3 amide bonds. The molecule has 0 saturated carbocycles. The number of hydrogen-bond donors (Lipinski definition) is 3. The second-order valence-electron chi connectivity index (χ2n) is 7.78. The monoisotopic (exact) mass is 431 g/mol. The topological polar surface area (TPSA) is 79.5 Å². The summed E-state index contributed by atoms with van der Waals surface area (Å²) < 4.78 is 5.75. The number of para-hydroxylation sites is 1. The number of nitrogens with one attached hydrogen (secondary N) is 3. The number of benzene rings is 3. The summed E-state index contributed by atoms with van der Waals surface area (Å²) in [5, 5.41) is 8.49. The molecule has 0 atom stereocenters. The van der Waals surface area contributed by atoms with Gasteiger partial charge in [0, 0.05) is 24.7 Å². The third-order valence-electron chi connectivity index (χ3n) is 4.71. The van der Waals surface area contributed by atoms with Crippen LogP contribution >= 0.6 is 0 Å². The van der Waals surface area contributed by atoms with E-state index in [2.05, 4.69) is 16.0 Å². The Morgan fingerprint density at radius 3 is 1.94 bits per heavy atom. The van der Waals surface area contributed by atoms with E-state index in [4.69, 9.17) is 4.74 Å². The highest BCUT2D eigenvalue weighted by Crippen LogP contribution is 2.12. The summed E-state index contributed by atoms with van der Waals surface area (Å²) in [4.78, 5) is 24.1. The highest BCUT2D eigenvalue weighted by molar-refractivity contribution is 5.94. The molecule has 3 rings (SSSR count). The molecular weight excluding hydrogens is 402 g/mol. The molecule has 0 heterocycles. The van der Waals surface area contributed by atoms with Crippen LogP contribution in [0.25, 0.3) is 0 Å². The van der Waals surface area contributed by atoms with Gasteiger partial charge in [-0.25, -0.2) is 4.79 Å². The lowest BCUT2D eigenvalue weighted by atomic mass is 10.1. The molecule has 3 N–H and O–H groups in total. The van der Waals surface area contributed by atoms with Gasteiger partial charge in [0.05, 0.1) is 0 Å². The first-order valence-electron chi connectivity index (χ1n) is 10.7. The van der Waals surface area contributed by atoms with Gasteiger partial charge in [-0.1, -0.05) is 54.6 Å². The Labute approximate surface area is 189 Å². The van der Waals surface area contributed by atoms with Crippen molar-refractivity contribution in [3.05, 3.63) is 101 Å². The Kier molecular flexibility index (Phi) is 8.26. The van der Waals surface area contributed by atoms with E-state index in [-0.39, 0.29) is 18.0 Å². The molecule has 6 nitrogen and oxygen atoms in total. The van der Waals surface area contributed by atoms with Crippen LogP contribution < -0.4 is 20.7 Å². The molecule has 0 spiro atoms. The van der Waals surface area contributed by atoms with Gasteiger partial charge in [-0.05, 0) is 54.8 Å². The van der Waals surface area contributed by atoms with Crippen LogP contribution in [0, 0.1) is 0 Å². The number of amides is 3. The van der Waals surface area contributed by atoms with Crippen LogP contribution in [0.2, 0.25) is 0 Å². The van der Waals surface area contributed by atoms with Crippen LogP contribution in [0.5, 0.6) is 5.75 Å². The fraction of sp³-hybridized carbons (Fsp3) is 0.231. The molecule has 3 aromatic carbocycles. The molecule has 0 unspecified atom stereocenters. The van der Waals surface area contributed by atoms with Crippen molar-refractivity contribution >= 4 is 11.9 Å². The molecule has 0 aromatic heterocycles. The third kappa shape index (κ3) is 7.47. The van der Waals surface area contributed by atoms with Crippen LogP contribution in [-0.4, -0.2) is 18.0 Å². The number of hydrogen-bond acceptors (Lipinski definition) is 3. The zero-order valence-electron chi connectivity index (χ0n) is 18.4. The highest BCUT2D eigenvalue weighted by Gasteiger charge is 2.07. The van der Waals surface area contributed by atoms with E-state index in [0.29, 0.717) is 25.3 Å². The van der Waals surface area contributed by atoms with E-state index in [1.54, 1.807) is 12.1 Å². The van der Waals surface area contributed by atoms with E-state index in [9.17, 15) is 9.59 Å². The quantitative estimate of drug-likeness (QED) is 0.470. The van der Waals surface area contributed by atoms with Gasteiger partial charge in [0.2, 0.25) is 0 Å². The molecule has 0 saturated heterocycles. The van der Waals surface area contributed by atoms with E-state index in [1.807, 2.05) is 80.6 Å². The van der Waals surface area contributed by atoms with Crippen LogP contribution in [0.15, 0.2) is 78.9 Å². The molecule has 0 radical (unpaired) electrons. The van der Waals surface area contributed by atoms with Crippen LogP contribution in [0.4, 0.5) is 4.79 Å². The zero-order valence-corrected chi connectivity index (χ0v) is 18.4. The van der Waals surface area contributed by atoms with Gasteiger partial charge in [0.15, 0.2) is 0 Å². The van der Waals surface area contributed by atoms with Gasteiger partial charge in [-0.15, -0.1) is 0 Å². The van der Waals surface area contributed by atoms with E-state index >= 15 is 0 Å². The minimum absolute atomic E-state index is 0.0832.